The maximum atomic E-state index is 11.6. The van der Waals surface area contributed by atoms with E-state index in [1.165, 1.54) is 16.3 Å². The lowest BCUT2D eigenvalue weighted by molar-refractivity contribution is 0.0532. The zero-order chi connectivity index (χ0) is 12.3. The molecule has 17 heavy (non-hydrogen) atoms. The number of piperazine rings is 1. The summed E-state index contributed by atoms with van der Waals surface area (Å²) in [4.78, 5) is 16.9. The highest BCUT2D eigenvalue weighted by Gasteiger charge is 2.17. The molecule has 2 rings (SSSR count). The predicted molar refractivity (Wildman–Crippen MR) is 70.0 cm³/mol. The summed E-state index contributed by atoms with van der Waals surface area (Å²) in [6.45, 7) is 6.46. The lowest BCUT2D eigenvalue weighted by Crippen LogP contribution is -2.44. The minimum atomic E-state index is -0.210. The summed E-state index contributed by atoms with van der Waals surface area (Å²) >= 11 is 1.52. The van der Waals surface area contributed by atoms with E-state index in [1.54, 1.807) is 0 Å². The van der Waals surface area contributed by atoms with Crippen LogP contribution in [0.15, 0.2) is 12.1 Å². The monoisotopic (exact) mass is 254 g/mol. The average Bonchev–Trinajstić information content (AvgIpc) is 2.80. The van der Waals surface area contributed by atoms with Crippen LogP contribution in [0.3, 0.4) is 0 Å². The Bertz CT molecular complexity index is 384. The first-order valence-corrected chi connectivity index (χ1v) is 6.73. The van der Waals surface area contributed by atoms with E-state index in [0.29, 0.717) is 11.5 Å². The SMILES string of the molecule is CCOC(=O)c1ccc(N2CCN(C)CC2)s1. The Balaban J connectivity index is 2.00. The summed E-state index contributed by atoms with van der Waals surface area (Å²) in [6, 6.07) is 3.87. The molecule has 0 atom stereocenters. The number of thiophene rings is 1. The number of likely N-dealkylation sites (N-methyl/N-ethyl adjacent to an activating group) is 1. The lowest BCUT2D eigenvalue weighted by atomic mass is 10.3. The van der Waals surface area contributed by atoms with E-state index in [9.17, 15) is 4.79 Å². The summed E-state index contributed by atoms with van der Waals surface area (Å²) in [5, 5.41) is 1.17. The third-order valence-corrected chi connectivity index (χ3v) is 4.01. The van der Waals surface area contributed by atoms with E-state index >= 15 is 0 Å². The van der Waals surface area contributed by atoms with Crippen LogP contribution in [0.5, 0.6) is 0 Å². The third-order valence-electron chi connectivity index (χ3n) is 2.88. The van der Waals surface area contributed by atoms with Gasteiger partial charge in [0.1, 0.15) is 4.88 Å². The molecule has 1 fully saturated rings. The molecule has 0 N–H and O–H groups in total. The zero-order valence-electron chi connectivity index (χ0n) is 10.3. The van der Waals surface area contributed by atoms with Crippen molar-refractivity contribution in [2.45, 2.75) is 6.92 Å². The molecular formula is C12H18N2O2S. The van der Waals surface area contributed by atoms with Crippen molar-refractivity contribution >= 4 is 22.3 Å². The van der Waals surface area contributed by atoms with Crippen molar-refractivity contribution in [3.05, 3.63) is 17.0 Å². The van der Waals surface area contributed by atoms with Gasteiger partial charge in [-0.1, -0.05) is 0 Å². The van der Waals surface area contributed by atoms with E-state index in [2.05, 4.69) is 16.8 Å². The van der Waals surface area contributed by atoms with Crippen LogP contribution in [0.1, 0.15) is 16.6 Å². The Kier molecular flexibility index (Phi) is 4.02. The van der Waals surface area contributed by atoms with Crippen LogP contribution >= 0.6 is 11.3 Å². The van der Waals surface area contributed by atoms with Crippen LogP contribution in [-0.4, -0.2) is 50.7 Å². The van der Waals surface area contributed by atoms with E-state index in [4.69, 9.17) is 4.74 Å². The number of esters is 1. The van der Waals surface area contributed by atoms with Crippen LogP contribution in [0, 0.1) is 0 Å². The van der Waals surface area contributed by atoms with Gasteiger partial charge in [-0.25, -0.2) is 4.79 Å². The maximum Gasteiger partial charge on any atom is 0.348 e. The second kappa shape index (κ2) is 5.51. The van der Waals surface area contributed by atoms with Gasteiger partial charge in [0.15, 0.2) is 0 Å². The highest BCUT2D eigenvalue weighted by atomic mass is 32.1. The van der Waals surface area contributed by atoms with Gasteiger partial charge in [-0.15, -0.1) is 11.3 Å². The Morgan fingerprint density at radius 1 is 1.35 bits per heavy atom. The Hall–Kier alpha value is -1.07. The van der Waals surface area contributed by atoms with Crippen molar-refractivity contribution in [1.29, 1.82) is 0 Å². The first-order valence-electron chi connectivity index (χ1n) is 5.91. The standard InChI is InChI=1S/C12H18N2O2S/c1-3-16-12(15)10-4-5-11(17-10)14-8-6-13(2)7-9-14/h4-5H,3,6-9H2,1-2H3. The van der Waals surface area contributed by atoms with Crippen molar-refractivity contribution in [3.8, 4) is 0 Å². The number of rotatable bonds is 3. The molecule has 2 heterocycles. The van der Waals surface area contributed by atoms with Gasteiger partial charge < -0.3 is 14.5 Å². The normalized spacial score (nSPS) is 17.2. The predicted octanol–water partition coefficient (Wildman–Crippen LogP) is 1.68. The average molecular weight is 254 g/mol. The molecule has 0 spiro atoms. The maximum absolute atomic E-state index is 11.6. The van der Waals surface area contributed by atoms with Crippen molar-refractivity contribution in [2.75, 3.05) is 44.7 Å². The fraction of sp³-hybridized carbons (Fsp3) is 0.583. The summed E-state index contributed by atoms with van der Waals surface area (Å²) in [7, 11) is 2.13. The number of hydrogen-bond donors (Lipinski definition) is 0. The Morgan fingerprint density at radius 2 is 2.06 bits per heavy atom. The van der Waals surface area contributed by atoms with E-state index in [0.717, 1.165) is 26.2 Å². The van der Waals surface area contributed by atoms with Crippen LogP contribution < -0.4 is 4.90 Å². The molecule has 1 aromatic heterocycles. The van der Waals surface area contributed by atoms with Crippen LogP contribution in [0.2, 0.25) is 0 Å². The summed E-state index contributed by atoms with van der Waals surface area (Å²) in [6.07, 6.45) is 0. The first-order chi connectivity index (χ1) is 8.20. The second-order valence-corrected chi connectivity index (χ2v) is 5.21. The molecule has 94 valence electrons. The molecule has 0 aromatic carbocycles. The molecule has 0 amide bonds. The van der Waals surface area contributed by atoms with E-state index < -0.39 is 0 Å². The number of ether oxygens (including phenoxy) is 1. The highest BCUT2D eigenvalue weighted by molar-refractivity contribution is 7.17. The molecule has 1 saturated heterocycles. The van der Waals surface area contributed by atoms with Crippen LogP contribution in [-0.2, 0) is 4.74 Å². The van der Waals surface area contributed by atoms with Gasteiger partial charge >= 0.3 is 5.97 Å². The summed E-state index contributed by atoms with van der Waals surface area (Å²) in [5.74, 6) is -0.210. The third kappa shape index (κ3) is 2.98. The summed E-state index contributed by atoms with van der Waals surface area (Å²) in [5.41, 5.74) is 0. The minimum Gasteiger partial charge on any atom is -0.462 e. The topological polar surface area (TPSA) is 32.8 Å². The first kappa shape index (κ1) is 12.4. The number of carbonyl (C=O) groups excluding carboxylic acids is 1. The van der Waals surface area contributed by atoms with Gasteiger partial charge in [-0.05, 0) is 26.1 Å². The number of carbonyl (C=O) groups is 1. The van der Waals surface area contributed by atoms with Crippen molar-refractivity contribution in [2.24, 2.45) is 0 Å². The van der Waals surface area contributed by atoms with Crippen LogP contribution in [0.4, 0.5) is 5.00 Å². The molecule has 1 aliphatic rings. The van der Waals surface area contributed by atoms with E-state index in [-0.39, 0.29) is 5.97 Å². The molecular weight excluding hydrogens is 236 g/mol. The molecule has 0 bridgehead atoms. The number of nitrogens with zero attached hydrogens (tertiary/aromatic N) is 2. The molecule has 4 nitrogen and oxygen atoms in total. The number of anilines is 1. The molecule has 1 aromatic rings. The van der Waals surface area contributed by atoms with Gasteiger partial charge in [0.05, 0.1) is 11.6 Å². The molecule has 0 unspecified atom stereocenters. The smallest absolute Gasteiger partial charge is 0.348 e. The quantitative estimate of drug-likeness (QED) is 0.768. The zero-order valence-corrected chi connectivity index (χ0v) is 11.1. The minimum absolute atomic E-state index is 0.210. The van der Waals surface area contributed by atoms with Gasteiger partial charge in [-0.2, -0.15) is 0 Å². The molecule has 1 aliphatic heterocycles. The molecule has 0 aliphatic carbocycles. The van der Waals surface area contributed by atoms with Gasteiger partial charge in [0.25, 0.3) is 0 Å². The molecule has 0 radical (unpaired) electrons. The Labute approximate surface area is 106 Å². The van der Waals surface area contributed by atoms with Gasteiger partial charge in [-0.3, -0.25) is 0 Å². The fourth-order valence-electron chi connectivity index (χ4n) is 1.84. The van der Waals surface area contributed by atoms with Crippen molar-refractivity contribution < 1.29 is 9.53 Å². The van der Waals surface area contributed by atoms with Crippen molar-refractivity contribution in [3.63, 3.8) is 0 Å². The van der Waals surface area contributed by atoms with Crippen LogP contribution in [0.25, 0.3) is 0 Å². The fourth-order valence-corrected chi connectivity index (χ4v) is 2.79. The van der Waals surface area contributed by atoms with Gasteiger partial charge in [0.2, 0.25) is 0 Å². The number of hydrogen-bond acceptors (Lipinski definition) is 5. The lowest BCUT2D eigenvalue weighted by Gasteiger charge is -2.32. The summed E-state index contributed by atoms with van der Waals surface area (Å²) < 4.78 is 4.99. The van der Waals surface area contributed by atoms with Gasteiger partial charge in [0, 0.05) is 26.2 Å². The van der Waals surface area contributed by atoms with Crippen molar-refractivity contribution in [1.82, 2.24) is 4.90 Å². The Morgan fingerprint density at radius 3 is 2.71 bits per heavy atom. The second-order valence-electron chi connectivity index (χ2n) is 4.15. The molecule has 0 saturated carbocycles. The van der Waals surface area contributed by atoms with E-state index in [1.807, 2.05) is 19.1 Å². The largest absolute Gasteiger partial charge is 0.462 e. The molecule has 5 heteroatoms. The highest BCUT2D eigenvalue weighted by Crippen LogP contribution is 2.27.